The summed E-state index contributed by atoms with van der Waals surface area (Å²) in [5.41, 5.74) is 6.31. The molecular weight excluding hydrogens is 204 g/mol. The summed E-state index contributed by atoms with van der Waals surface area (Å²) in [4.78, 5) is 23.8. The van der Waals surface area contributed by atoms with Gasteiger partial charge in [-0.05, 0) is 20.8 Å². The molecule has 7 nitrogen and oxygen atoms in total. The maximum atomic E-state index is 11.1. The van der Waals surface area contributed by atoms with Crippen molar-refractivity contribution >= 4 is 17.7 Å². The van der Waals surface area contributed by atoms with Crippen LogP contribution < -0.4 is 0 Å². The minimum atomic E-state index is -2.10. The fourth-order valence-electron chi connectivity index (χ4n) is 0.684. The lowest BCUT2D eigenvalue weighted by atomic mass is 10.1. The van der Waals surface area contributed by atoms with Crippen molar-refractivity contribution in [3.8, 4) is 0 Å². The van der Waals surface area contributed by atoms with E-state index in [1.54, 1.807) is 20.8 Å². The van der Waals surface area contributed by atoms with Crippen LogP contribution in [-0.2, 0) is 14.3 Å². The lowest BCUT2D eigenvalue weighted by molar-refractivity contribution is -0.164. The third-order valence-electron chi connectivity index (χ3n) is 1.22. The molecule has 0 spiro atoms. The first-order valence-corrected chi connectivity index (χ1v) is 4.05. The summed E-state index contributed by atoms with van der Waals surface area (Å²) in [5, 5.41) is 17.6. The summed E-state index contributed by atoms with van der Waals surface area (Å²) in [7, 11) is 0. The van der Waals surface area contributed by atoms with Crippen LogP contribution in [0.1, 0.15) is 20.8 Å². The molecule has 0 rings (SSSR count). The molecule has 0 radical (unpaired) electrons. The highest BCUT2D eigenvalue weighted by molar-refractivity contribution is 6.38. The second-order valence-corrected chi connectivity index (χ2v) is 3.73. The molecule has 0 aromatic rings. The number of esters is 1. The van der Waals surface area contributed by atoms with Gasteiger partial charge in [-0.25, -0.2) is 9.59 Å². The average Bonchev–Trinajstić information content (AvgIpc) is 2.01. The highest BCUT2D eigenvalue weighted by Crippen LogP contribution is 2.08. The lowest BCUT2D eigenvalue weighted by Gasteiger charge is -2.19. The van der Waals surface area contributed by atoms with E-state index in [0.29, 0.717) is 0 Å². The van der Waals surface area contributed by atoms with Crippen LogP contribution in [0.2, 0.25) is 0 Å². The van der Waals surface area contributed by atoms with Gasteiger partial charge < -0.3 is 20.5 Å². The Bertz CT molecular complexity index is 324. The van der Waals surface area contributed by atoms with E-state index >= 15 is 0 Å². The maximum Gasteiger partial charge on any atom is 0.418 e. The highest BCUT2D eigenvalue weighted by Gasteiger charge is 2.38. The van der Waals surface area contributed by atoms with E-state index in [-0.39, 0.29) is 0 Å². The molecule has 0 aromatic heterocycles. The van der Waals surface area contributed by atoms with Crippen LogP contribution in [0.25, 0.3) is 5.53 Å². The predicted octanol–water partition coefficient (Wildman–Crippen LogP) is -0.556. The number of aliphatic hydroxyl groups excluding tert-OH is 1. The summed E-state index contributed by atoms with van der Waals surface area (Å²) in [5.74, 6) is -2.88. The maximum absolute atomic E-state index is 11.1. The molecule has 0 saturated carbocycles. The largest absolute Gasteiger partial charge is 0.473 e. The van der Waals surface area contributed by atoms with Crippen LogP contribution >= 0.6 is 0 Å². The summed E-state index contributed by atoms with van der Waals surface area (Å²) in [6.07, 6.45) is -2.10. The number of aliphatic hydroxyl groups is 1. The van der Waals surface area contributed by atoms with Gasteiger partial charge in [-0.2, -0.15) is 4.79 Å². The van der Waals surface area contributed by atoms with E-state index in [4.69, 9.17) is 15.7 Å². The number of rotatable bonds is 3. The summed E-state index contributed by atoms with van der Waals surface area (Å²) >= 11 is 0. The van der Waals surface area contributed by atoms with Crippen molar-refractivity contribution in [2.45, 2.75) is 32.5 Å². The minimum Gasteiger partial charge on any atom is -0.473 e. The van der Waals surface area contributed by atoms with Crippen molar-refractivity contribution < 1.29 is 29.3 Å². The molecule has 0 bridgehead atoms. The zero-order valence-corrected chi connectivity index (χ0v) is 8.59. The number of carbonyl (C=O) groups is 2. The lowest BCUT2D eigenvalue weighted by Crippen LogP contribution is -2.40. The van der Waals surface area contributed by atoms with Crippen molar-refractivity contribution in [1.82, 2.24) is 0 Å². The molecule has 0 aromatic carbocycles. The fraction of sp³-hybridized carbons (Fsp3) is 0.625. The molecule has 0 fully saturated rings. The first-order chi connectivity index (χ1) is 6.69. The van der Waals surface area contributed by atoms with E-state index in [2.05, 4.69) is 9.53 Å². The molecule has 0 aliphatic heterocycles. The number of carbonyl (C=O) groups excluding carboxylic acids is 1. The minimum absolute atomic E-state index is 0.864. The molecule has 0 aliphatic rings. The first kappa shape index (κ1) is 13.3. The van der Waals surface area contributed by atoms with Crippen molar-refractivity contribution in [3.05, 3.63) is 5.53 Å². The summed E-state index contributed by atoms with van der Waals surface area (Å²) in [6, 6.07) is 0. The second kappa shape index (κ2) is 4.68. The molecule has 15 heavy (non-hydrogen) atoms. The van der Waals surface area contributed by atoms with Crippen LogP contribution in [0, 0.1) is 0 Å². The molecule has 0 aliphatic carbocycles. The van der Waals surface area contributed by atoms with Crippen LogP contribution in [0.4, 0.5) is 0 Å². The number of nitrogens with zero attached hydrogens (tertiary/aromatic N) is 2. The van der Waals surface area contributed by atoms with Gasteiger partial charge in [0.25, 0.3) is 6.10 Å². The van der Waals surface area contributed by atoms with Gasteiger partial charge in [0, 0.05) is 0 Å². The monoisotopic (exact) mass is 216 g/mol. The number of carboxylic acid groups (broad SMARTS) is 1. The predicted molar refractivity (Wildman–Crippen MR) is 48.1 cm³/mol. The Balaban J connectivity index is 4.73. The number of aliphatic carboxylic acids is 1. The molecule has 7 heteroatoms. The van der Waals surface area contributed by atoms with E-state index in [0.717, 1.165) is 0 Å². The Kier molecular flexibility index (Phi) is 4.14. The molecule has 84 valence electrons. The molecule has 2 N–H and O–H groups in total. The van der Waals surface area contributed by atoms with E-state index in [1.807, 2.05) is 0 Å². The topological polar surface area (TPSA) is 120 Å². The fourth-order valence-corrected chi connectivity index (χ4v) is 0.684. The normalized spacial score (nSPS) is 12.5. The van der Waals surface area contributed by atoms with Gasteiger partial charge >= 0.3 is 17.7 Å². The van der Waals surface area contributed by atoms with E-state index in [9.17, 15) is 9.59 Å². The van der Waals surface area contributed by atoms with Crippen LogP contribution in [0.5, 0.6) is 0 Å². The standard InChI is InChI=1S/C8H12N2O5/c1-8(2,3)15-7(14)5(11)4(10-9)6(12)13/h5,11H,1-3H3,(H,12,13). The quantitative estimate of drug-likeness (QED) is 0.283. The summed E-state index contributed by atoms with van der Waals surface area (Å²) < 4.78 is 4.69. The third kappa shape index (κ3) is 4.35. The third-order valence-corrected chi connectivity index (χ3v) is 1.22. The van der Waals surface area contributed by atoms with Gasteiger partial charge in [0.2, 0.25) is 0 Å². The molecular formula is C8H12N2O5. The van der Waals surface area contributed by atoms with Crippen molar-refractivity contribution in [2.75, 3.05) is 0 Å². The Morgan fingerprint density at radius 2 is 1.87 bits per heavy atom. The Hall–Kier alpha value is -1.72. The first-order valence-electron chi connectivity index (χ1n) is 4.05. The molecule has 1 unspecified atom stereocenters. The van der Waals surface area contributed by atoms with Gasteiger partial charge in [-0.3, -0.25) is 0 Å². The number of ether oxygens (including phenoxy) is 1. The Labute approximate surface area is 85.9 Å². The van der Waals surface area contributed by atoms with Gasteiger partial charge in [-0.15, -0.1) is 0 Å². The number of hydrogen-bond acceptors (Lipinski definition) is 4. The zero-order valence-electron chi connectivity index (χ0n) is 8.59. The van der Waals surface area contributed by atoms with E-state index < -0.39 is 29.4 Å². The van der Waals surface area contributed by atoms with Crippen molar-refractivity contribution in [1.29, 1.82) is 0 Å². The smallest absolute Gasteiger partial charge is 0.418 e. The number of hydrogen-bond donors (Lipinski definition) is 2. The second-order valence-electron chi connectivity index (χ2n) is 3.73. The van der Waals surface area contributed by atoms with E-state index in [1.165, 1.54) is 0 Å². The molecule has 0 amide bonds. The number of carboxylic acids is 1. The Morgan fingerprint density at radius 3 is 2.13 bits per heavy atom. The van der Waals surface area contributed by atoms with Gasteiger partial charge in [-0.1, -0.05) is 0 Å². The SMILES string of the molecule is CC(C)(C)OC(=O)C(O)C(=[N+]=[N-])C(=O)O. The zero-order chi connectivity index (χ0) is 12.2. The molecule has 1 atom stereocenters. The summed E-state index contributed by atoms with van der Waals surface area (Å²) in [6.45, 7) is 4.65. The van der Waals surface area contributed by atoms with Crippen molar-refractivity contribution in [2.24, 2.45) is 0 Å². The molecule has 0 heterocycles. The highest BCUT2D eigenvalue weighted by atomic mass is 16.6. The van der Waals surface area contributed by atoms with Crippen LogP contribution in [0.3, 0.4) is 0 Å². The van der Waals surface area contributed by atoms with Crippen LogP contribution in [0.15, 0.2) is 0 Å². The molecule has 0 saturated heterocycles. The van der Waals surface area contributed by atoms with Crippen molar-refractivity contribution in [3.63, 3.8) is 0 Å². The van der Waals surface area contributed by atoms with Gasteiger partial charge in [0.05, 0.1) is 0 Å². The van der Waals surface area contributed by atoms with Gasteiger partial charge in [0.15, 0.2) is 0 Å². The Morgan fingerprint density at radius 1 is 1.40 bits per heavy atom. The van der Waals surface area contributed by atoms with Crippen LogP contribution in [-0.4, -0.2) is 44.4 Å². The average molecular weight is 216 g/mol. The van der Waals surface area contributed by atoms with Gasteiger partial charge in [0.1, 0.15) is 5.60 Å².